The fourth-order valence-corrected chi connectivity index (χ4v) is 2.83. The van der Waals surface area contributed by atoms with E-state index in [1.165, 1.54) is 37.8 Å². The number of anilines is 1. The predicted octanol–water partition coefficient (Wildman–Crippen LogP) is 3.48. The standard InChI is InChI=1S/C17H30N4/c1-4-18-12-15-16(13-19-17(20-15)14(2)3)21-10-8-6-5-7-9-11-21/h13-14,18H,4-12H2,1-3H3. The molecule has 1 N–H and O–H groups in total. The van der Waals surface area contributed by atoms with E-state index in [0.29, 0.717) is 5.92 Å². The molecule has 0 radical (unpaired) electrons. The van der Waals surface area contributed by atoms with Crippen LogP contribution in [-0.2, 0) is 6.54 Å². The zero-order valence-corrected chi connectivity index (χ0v) is 13.9. The van der Waals surface area contributed by atoms with E-state index in [0.717, 1.165) is 37.7 Å². The highest BCUT2D eigenvalue weighted by molar-refractivity contribution is 5.49. The van der Waals surface area contributed by atoms with Crippen molar-refractivity contribution in [2.45, 2.75) is 65.3 Å². The third-order valence-corrected chi connectivity index (χ3v) is 4.12. The molecular formula is C17H30N4. The van der Waals surface area contributed by atoms with E-state index in [-0.39, 0.29) is 0 Å². The first kappa shape index (κ1) is 16.2. The van der Waals surface area contributed by atoms with Gasteiger partial charge in [-0.15, -0.1) is 0 Å². The van der Waals surface area contributed by atoms with E-state index in [1.807, 2.05) is 0 Å². The average molecular weight is 290 g/mol. The minimum absolute atomic E-state index is 0.381. The van der Waals surface area contributed by atoms with Gasteiger partial charge in [0, 0.05) is 25.6 Å². The van der Waals surface area contributed by atoms with Gasteiger partial charge in [-0.25, -0.2) is 9.97 Å². The molecule has 0 amide bonds. The van der Waals surface area contributed by atoms with Crippen LogP contribution in [0.25, 0.3) is 0 Å². The molecule has 4 heteroatoms. The number of nitrogens with one attached hydrogen (secondary N) is 1. The summed E-state index contributed by atoms with van der Waals surface area (Å²) in [6, 6.07) is 0. The van der Waals surface area contributed by atoms with Crippen LogP contribution in [-0.4, -0.2) is 29.6 Å². The zero-order chi connectivity index (χ0) is 15.1. The Morgan fingerprint density at radius 3 is 2.43 bits per heavy atom. The lowest BCUT2D eigenvalue weighted by Crippen LogP contribution is -2.29. The van der Waals surface area contributed by atoms with Crippen LogP contribution in [0.3, 0.4) is 0 Å². The molecule has 0 atom stereocenters. The van der Waals surface area contributed by atoms with Gasteiger partial charge < -0.3 is 10.2 Å². The summed E-state index contributed by atoms with van der Waals surface area (Å²) in [6.45, 7) is 10.5. The second-order valence-corrected chi connectivity index (χ2v) is 6.25. The Hall–Kier alpha value is -1.16. The van der Waals surface area contributed by atoms with Gasteiger partial charge in [0.1, 0.15) is 5.82 Å². The molecule has 1 fully saturated rings. The molecule has 1 aromatic heterocycles. The summed E-state index contributed by atoms with van der Waals surface area (Å²) < 4.78 is 0. The van der Waals surface area contributed by atoms with Crippen molar-refractivity contribution in [2.24, 2.45) is 0 Å². The van der Waals surface area contributed by atoms with Crippen LogP contribution < -0.4 is 10.2 Å². The lowest BCUT2D eigenvalue weighted by Gasteiger charge is -2.28. The van der Waals surface area contributed by atoms with E-state index >= 15 is 0 Å². The normalized spacial score (nSPS) is 16.9. The van der Waals surface area contributed by atoms with E-state index < -0.39 is 0 Å². The first-order chi connectivity index (χ1) is 10.2. The molecule has 0 unspecified atom stereocenters. The lowest BCUT2D eigenvalue weighted by atomic mass is 10.1. The molecule has 0 spiro atoms. The van der Waals surface area contributed by atoms with Crippen LogP contribution in [0.15, 0.2) is 6.20 Å². The Morgan fingerprint density at radius 2 is 1.81 bits per heavy atom. The molecule has 1 aliphatic rings. The Labute approximate surface area is 129 Å². The van der Waals surface area contributed by atoms with Crippen LogP contribution in [0.4, 0.5) is 5.69 Å². The smallest absolute Gasteiger partial charge is 0.131 e. The van der Waals surface area contributed by atoms with E-state index in [2.05, 4.69) is 42.2 Å². The van der Waals surface area contributed by atoms with Crippen LogP contribution in [0.2, 0.25) is 0 Å². The third-order valence-electron chi connectivity index (χ3n) is 4.12. The Bertz CT molecular complexity index is 423. The summed E-state index contributed by atoms with van der Waals surface area (Å²) in [7, 11) is 0. The highest BCUT2D eigenvalue weighted by atomic mass is 15.2. The molecule has 2 heterocycles. The number of hydrogen-bond donors (Lipinski definition) is 1. The number of nitrogens with zero attached hydrogens (tertiary/aromatic N) is 3. The van der Waals surface area contributed by atoms with Crippen molar-refractivity contribution in [1.29, 1.82) is 0 Å². The number of aromatic nitrogens is 2. The molecule has 2 rings (SSSR count). The van der Waals surface area contributed by atoms with E-state index in [1.54, 1.807) is 0 Å². The zero-order valence-electron chi connectivity index (χ0n) is 13.9. The maximum atomic E-state index is 4.82. The summed E-state index contributed by atoms with van der Waals surface area (Å²) in [5, 5.41) is 3.42. The van der Waals surface area contributed by atoms with Gasteiger partial charge in [0.05, 0.1) is 17.6 Å². The summed E-state index contributed by atoms with van der Waals surface area (Å²) in [5.41, 5.74) is 2.40. The maximum absolute atomic E-state index is 4.82. The van der Waals surface area contributed by atoms with Crippen molar-refractivity contribution in [2.75, 3.05) is 24.5 Å². The van der Waals surface area contributed by atoms with Gasteiger partial charge in [0.25, 0.3) is 0 Å². The molecule has 0 aliphatic carbocycles. The van der Waals surface area contributed by atoms with Gasteiger partial charge in [-0.3, -0.25) is 0 Å². The van der Waals surface area contributed by atoms with Crippen LogP contribution in [0.5, 0.6) is 0 Å². The maximum Gasteiger partial charge on any atom is 0.131 e. The fraction of sp³-hybridized carbons (Fsp3) is 0.765. The Kier molecular flexibility index (Phi) is 6.43. The van der Waals surface area contributed by atoms with Gasteiger partial charge in [-0.05, 0) is 19.4 Å². The van der Waals surface area contributed by atoms with Crippen molar-refractivity contribution < 1.29 is 0 Å². The molecule has 4 nitrogen and oxygen atoms in total. The molecule has 0 bridgehead atoms. The van der Waals surface area contributed by atoms with Crippen molar-refractivity contribution >= 4 is 5.69 Å². The summed E-state index contributed by atoms with van der Waals surface area (Å²) in [5.74, 6) is 1.34. The van der Waals surface area contributed by atoms with Gasteiger partial charge in [0.15, 0.2) is 0 Å². The van der Waals surface area contributed by atoms with E-state index in [9.17, 15) is 0 Å². The largest absolute Gasteiger partial charge is 0.369 e. The van der Waals surface area contributed by atoms with Gasteiger partial charge in [-0.1, -0.05) is 40.0 Å². The Balaban J connectivity index is 2.22. The summed E-state index contributed by atoms with van der Waals surface area (Å²) >= 11 is 0. The highest BCUT2D eigenvalue weighted by Gasteiger charge is 2.16. The lowest BCUT2D eigenvalue weighted by molar-refractivity contribution is 0.552. The van der Waals surface area contributed by atoms with Crippen molar-refractivity contribution in [1.82, 2.24) is 15.3 Å². The van der Waals surface area contributed by atoms with Gasteiger partial charge >= 0.3 is 0 Å². The van der Waals surface area contributed by atoms with E-state index in [4.69, 9.17) is 4.98 Å². The molecule has 21 heavy (non-hydrogen) atoms. The molecule has 0 aromatic carbocycles. The quantitative estimate of drug-likeness (QED) is 0.901. The highest BCUT2D eigenvalue weighted by Crippen LogP contribution is 2.23. The molecule has 1 aromatic rings. The second-order valence-electron chi connectivity index (χ2n) is 6.25. The third kappa shape index (κ3) is 4.67. The summed E-state index contributed by atoms with van der Waals surface area (Å²) in [4.78, 5) is 11.9. The minimum atomic E-state index is 0.381. The Morgan fingerprint density at radius 1 is 1.14 bits per heavy atom. The van der Waals surface area contributed by atoms with Crippen molar-refractivity contribution in [3.8, 4) is 0 Å². The minimum Gasteiger partial charge on any atom is -0.369 e. The fourth-order valence-electron chi connectivity index (χ4n) is 2.83. The van der Waals surface area contributed by atoms with Gasteiger partial charge in [-0.2, -0.15) is 0 Å². The SMILES string of the molecule is CCNCc1nc(C(C)C)ncc1N1CCCCCCC1. The average Bonchev–Trinajstić information content (AvgIpc) is 2.45. The van der Waals surface area contributed by atoms with Crippen molar-refractivity contribution in [3.05, 3.63) is 17.7 Å². The second kappa shape index (κ2) is 8.32. The number of hydrogen-bond acceptors (Lipinski definition) is 4. The van der Waals surface area contributed by atoms with Crippen LogP contribution in [0, 0.1) is 0 Å². The topological polar surface area (TPSA) is 41.1 Å². The molecule has 1 aliphatic heterocycles. The molecule has 118 valence electrons. The number of rotatable bonds is 5. The molecule has 0 saturated carbocycles. The molecule has 1 saturated heterocycles. The van der Waals surface area contributed by atoms with Crippen LogP contribution in [0.1, 0.15) is 70.3 Å². The molecular weight excluding hydrogens is 260 g/mol. The van der Waals surface area contributed by atoms with Crippen LogP contribution >= 0.6 is 0 Å². The summed E-state index contributed by atoms with van der Waals surface area (Å²) in [6.07, 6.45) is 8.71. The van der Waals surface area contributed by atoms with Gasteiger partial charge in [0.2, 0.25) is 0 Å². The predicted molar refractivity (Wildman–Crippen MR) is 88.8 cm³/mol. The first-order valence-corrected chi connectivity index (χ1v) is 8.53. The van der Waals surface area contributed by atoms with Crippen molar-refractivity contribution in [3.63, 3.8) is 0 Å². The monoisotopic (exact) mass is 290 g/mol. The first-order valence-electron chi connectivity index (χ1n) is 8.53.